The summed E-state index contributed by atoms with van der Waals surface area (Å²) in [7, 11) is 0. The van der Waals surface area contributed by atoms with Gasteiger partial charge in [0, 0.05) is 25.2 Å². The summed E-state index contributed by atoms with van der Waals surface area (Å²) in [5, 5.41) is 4.29. The van der Waals surface area contributed by atoms with E-state index in [9.17, 15) is 0 Å². The number of hydrogen-bond donors (Lipinski definition) is 1. The van der Waals surface area contributed by atoms with E-state index in [0.717, 1.165) is 24.2 Å². The summed E-state index contributed by atoms with van der Waals surface area (Å²) in [6, 6.07) is 1.18. The maximum atomic E-state index is 5.44. The Morgan fingerprint density at radius 2 is 1.88 bits per heavy atom. The molecule has 4 heteroatoms. The molecule has 17 heavy (non-hydrogen) atoms. The zero-order valence-corrected chi connectivity index (χ0v) is 11.9. The van der Waals surface area contributed by atoms with E-state index in [1.807, 2.05) is 0 Å². The molecule has 0 radical (unpaired) electrons. The summed E-state index contributed by atoms with van der Waals surface area (Å²) in [5.74, 6) is 0. The lowest BCUT2D eigenvalue weighted by Crippen LogP contribution is -2.45. The van der Waals surface area contributed by atoms with Gasteiger partial charge in [-0.05, 0) is 58.4 Å². The van der Waals surface area contributed by atoms with Crippen molar-refractivity contribution in [2.75, 3.05) is 26.2 Å². The van der Waals surface area contributed by atoms with E-state index in [2.05, 4.69) is 29.0 Å². The average molecular weight is 255 g/mol. The minimum atomic E-state index is 0.441. The van der Waals surface area contributed by atoms with Gasteiger partial charge in [-0.2, -0.15) is 0 Å². The van der Waals surface area contributed by atoms with Crippen LogP contribution >= 0.6 is 12.2 Å². The van der Waals surface area contributed by atoms with Crippen LogP contribution in [0, 0.1) is 0 Å². The normalized spacial score (nSPS) is 26.5. The topological polar surface area (TPSA) is 18.5 Å². The third-order valence-electron chi connectivity index (χ3n) is 3.77. The molecule has 0 bridgehead atoms. The highest BCUT2D eigenvalue weighted by Gasteiger charge is 2.29. The van der Waals surface area contributed by atoms with Crippen molar-refractivity contribution in [3.8, 4) is 0 Å². The van der Waals surface area contributed by atoms with Crippen LogP contribution in [-0.4, -0.2) is 53.2 Å². The molecule has 1 atom stereocenters. The molecule has 0 aromatic carbocycles. The van der Waals surface area contributed by atoms with Crippen molar-refractivity contribution in [1.29, 1.82) is 0 Å². The van der Waals surface area contributed by atoms with Crippen LogP contribution in [-0.2, 0) is 0 Å². The smallest absolute Gasteiger partial charge is 0.169 e. The van der Waals surface area contributed by atoms with Gasteiger partial charge in [0.25, 0.3) is 0 Å². The van der Waals surface area contributed by atoms with Gasteiger partial charge in [0.1, 0.15) is 0 Å². The minimum absolute atomic E-state index is 0.441. The highest BCUT2D eigenvalue weighted by molar-refractivity contribution is 7.80. The van der Waals surface area contributed by atoms with Gasteiger partial charge in [0.2, 0.25) is 0 Å². The lowest BCUT2D eigenvalue weighted by molar-refractivity contribution is 0.169. The van der Waals surface area contributed by atoms with Crippen molar-refractivity contribution in [2.45, 2.75) is 51.6 Å². The van der Waals surface area contributed by atoms with Crippen molar-refractivity contribution in [2.24, 2.45) is 0 Å². The fourth-order valence-electron chi connectivity index (χ4n) is 2.85. The van der Waals surface area contributed by atoms with E-state index in [-0.39, 0.29) is 0 Å². The molecular weight excluding hydrogens is 230 g/mol. The number of piperidine rings is 1. The van der Waals surface area contributed by atoms with E-state index in [1.54, 1.807) is 0 Å². The fourth-order valence-corrected chi connectivity index (χ4v) is 3.25. The Labute approximate surface area is 111 Å². The number of hydrogen-bond acceptors (Lipinski definition) is 2. The van der Waals surface area contributed by atoms with E-state index < -0.39 is 0 Å². The van der Waals surface area contributed by atoms with Crippen molar-refractivity contribution in [1.82, 2.24) is 15.1 Å². The van der Waals surface area contributed by atoms with E-state index in [1.165, 1.54) is 38.8 Å². The third kappa shape index (κ3) is 3.55. The van der Waals surface area contributed by atoms with Crippen molar-refractivity contribution < 1.29 is 0 Å². The van der Waals surface area contributed by atoms with Crippen molar-refractivity contribution in [3.63, 3.8) is 0 Å². The number of likely N-dealkylation sites (tertiary alicyclic amines) is 2. The maximum Gasteiger partial charge on any atom is 0.169 e. The van der Waals surface area contributed by atoms with E-state index in [0.29, 0.717) is 6.04 Å². The molecule has 2 aliphatic heterocycles. The first kappa shape index (κ1) is 13.1. The van der Waals surface area contributed by atoms with Gasteiger partial charge in [0.15, 0.2) is 5.11 Å². The van der Waals surface area contributed by atoms with E-state index in [4.69, 9.17) is 12.2 Å². The van der Waals surface area contributed by atoms with Gasteiger partial charge < -0.3 is 10.2 Å². The standard InChI is InChI=1S/C13H25N3S/c1-11(2)14-13(17)16-9-6-12(10-16)15-7-4-3-5-8-15/h11-12H,3-10H2,1-2H3,(H,14,17). The van der Waals surface area contributed by atoms with Crippen LogP contribution < -0.4 is 5.32 Å². The Kier molecular flexibility index (Phi) is 4.62. The summed E-state index contributed by atoms with van der Waals surface area (Å²) in [6.45, 7) is 9.12. The first-order valence-electron chi connectivity index (χ1n) is 6.96. The second-order valence-electron chi connectivity index (χ2n) is 5.59. The Balaban J connectivity index is 1.80. The largest absolute Gasteiger partial charge is 0.360 e. The van der Waals surface area contributed by atoms with Gasteiger partial charge in [-0.15, -0.1) is 0 Å². The number of rotatable bonds is 2. The second-order valence-corrected chi connectivity index (χ2v) is 5.98. The molecule has 0 amide bonds. The van der Waals surface area contributed by atoms with Crippen LogP contribution in [0.15, 0.2) is 0 Å². The third-order valence-corrected chi connectivity index (χ3v) is 4.15. The molecule has 0 spiro atoms. The monoisotopic (exact) mass is 255 g/mol. The lowest BCUT2D eigenvalue weighted by atomic mass is 10.1. The fraction of sp³-hybridized carbons (Fsp3) is 0.923. The molecule has 0 saturated carbocycles. The van der Waals surface area contributed by atoms with Crippen LogP contribution in [0.1, 0.15) is 39.5 Å². The van der Waals surface area contributed by atoms with Crippen LogP contribution in [0.5, 0.6) is 0 Å². The predicted octanol–water partition coefficient (Wildman–Crippen LogP) is 1.83. The van der Waals surface area contributed by atoms with Crippen LogP contribution in [0.2, 0.25) is 0 Å². The van der Waals surface area contributed by atoms with Gasteiger partial charge >= 0.3 is 0 Å². The Morgan fingerprint density at radius 1 is 1.18 bits per heavy atom. The minimum Gasteiger partial charge on any atom is -0.360 e. The summed E-state index contributed by atoms with van der Waals surface area (Å²) < 4.78 is 0. The molecule has 2 fully saturated rings. The summed E-state index contributed by atoms with van der Waals surface area (Å²) in [5.41, 5.74) is 0. The molecular formula is C13H25N3S. The molecule has 2 saturated heterocycles. The highest BCUT2D eigenvalue weighted by atomic mass is 32.1. The first-order chi connectivity index (χ1) is 8.16. The van der Waals surface area contributed by atoms with E-state index >= 15 is 0 Å². The molecule has 2 heterocycles. The Morgan fingerprint density at radius 3 is 2.53 bits per heavy atom. The Bertz CT molecular complexity index is 261. The summed E-state index contributed by atoms with van der Waals surface area (Å²) >= 11 is 5.44. The second kappa shape index (κ2) is 6.01. The molecule has 0 aromatic heterocycles. The van der Waals surface area contributed by atoms with Gasteiger partial charge in [-0.25, -0.2) is 0 Å². The van der Waals surface area contributed by atoms with Gasteiger partial charge in [0.05, 0.1) is 0 Å². The van der Waals surface area contributed by atoms with Crippen LogP contribution in [0.3, 0.4) is 0 Å². The zero-order valence-electron chi connectivity index (χ0n) is 11.1. The molecule has 2 aliphatic rings. The number of thiocarbonyl (C=S) groups is 1. The first-order valence-corrected chi connectivity index (χ1v) is 7.37. The lowest BCUT2D eigenvalue weighted by Gasteiger charge is -2.32. The maximum absolute atomic E-state index is 5.44. The highest BCUT2D eigenvalue weighted by Crippen LogP contribution is 2.20. The molecule has 1 N–H and O–H groups in total. The van der Waals surface area contributed by atoms with Crippen molar-refractivity contribution >= 4 is 17.3 Å². The summed E-state index contributed by atoms with van der Waals surface area (Å²) in [6.07, 6.45) is 5.45. The molecule has 3 nitrogen and oxygen atoms in total. The molecule has 2 rings (SSSR count). The van der Waals surface area contributed by atoms with Crippen LogP contribution in [0.4, 0.5) is 0 Å². The zero-order chi connectivity index (χ0) is 12.3. The quantitative estimate of drug-likeness (QED) is 0.759. The molecule has 1 unspecified atom stereocenters. The van der Waals surface area contributed by atoms with Crippen molar-refractivity contribution in [3.05, 3.63) is 0 Å². The average Bonchev–Trinajstić information content (AvgIpc) is 2.78. The number of nitrogens with one attached hydrogen (secondary N) is 1. The van der Waals surface area contributed by atoms with Gasteiger partial charge in [-0.1, -0.05) is 6.42 Å². The SMILES string of the molecule is CC(C)NC(=S)N1CCC(N2CCCCC2)C1. The molecule has 0 aromatic rings. The molecule has 0 aliphatic carbocycles. The van der Waals surface area contributed by atoms with Gasteiger partial charge in [-0.3, -0.25) is 4.90 Å². The Hall–Kier alpha value is -0.350. The predicted molar refractivity (Wildman–Crippen MR) is 76.3 cm³/mol. The summed E-state index contributed by atoms with van der Waals surface area (Å²) in [4.78, 5) is 5.01. The number of nitrogens with zero attached hydrogens (tertiary/aromatic N) is 2. The molecule has 98 valence electrons. The van der Waals surface area contributed by atoms with Crippen LogP contribution in [0.25, 0.3) is 0 Å².